The first-order valence-electron chi connectivity index (χ1n) is 13.0. The second-order valence-corrected chi connectivity index (χ2v) is 10.3. The molecule has 38 heavy (non-hydrogen) atoms. The summed E-state index contributed by atoms with van der Waals surface area (Å²) in [5.41, 5.74) is 9.28. The van der Waals surface area contributed by atoms with E-state index in [1.54, 1.807) is 21.5 Å². The van der Waals surface area contributed by atoms with Crippen LogP contribution >= 0.6 is 0 Å². The van der Waals surface area contributed by atoms with Gasteiger partial charge in [-0.05, 0) is 44.7 Å². The summed E-state index contributed by atoms with van der Waals surface area (Å²) in [7, 11) is 1.87. The summed E-state index contributed by atoms with van der Waals surface area (Å²) in [5.74, 6) is 0.0820. The van der Waals surface area contributed by atoms with Gasteiger partial charge in [-0.2, -0.15) is 5.10 Å². The van der Waals surface area contributed by atoms with Gasteiger partial charge in [0.2, 0.25) is 0 Å². The standard InChI is InChI=1S/C26H32N10O2/c1-15-12-36-14-22(31-24(36)20(29-15)11-28-26(27)38)32-25(37)18-5-6-21(19-13-34(2)33-23(18)19)35-9-7-17(8-10-35)30-16-3-4-16/h5-6,12-14,16-17,30H,3-4,7-11H2,1-2H3,(H,32,37)(H3,27,28,38). The van der Waals surface area contributed by atoms with Gasteiger partial charge in [0.1, 0.15) is 11.2 Å². The van der Waals surface area contributed by atoms with Crippen molar-refractivity contribution in [3.8, 4) is 0 Å². The van der Waals surface area contributed by atoms with E-state index in [1.165, 1.54) is 12.8 Å². The second kappa shape index (κ2) is 9.60. The number of hydrogen-bond donors (Lipinski definition) is 4. The van der Waals surface area contributed by atoms with Gasteiger partial charge in [-0.1, -0.05) is 0 Å². The number of fused-ring (bicyclic) bond motifs is 2. The van der Waals surface area contributed by atoms with E-state index in [2.05, 4.69) is 35.9 Å². The zero-order valence-corrected chi connectivity index (χ0v) is 21.6. The number of aryl methyl sites for hydroxylation is 2. The number of amides is 3. The number of benzene rings is 1. The van der Waals surface area contributed by atoms with Crippen molar-refractivity contribution >= 4 is 40.0 Å². The minimum atomic E-state index is -0.645. The third-order valence-electron chi connectivity index (χ3n) is 7.20. The molecule has 1 saturated heterocycles. The number of rotatable bonds is 7. The maximum Gasteiger partial charge on any atom is 0.312 e. The van der Waals surface area contributed by atoms with E-state index in [0.717, 1.165) is 48.7 Å². The van der Waals surface area contributed by atoms with Gasteiger partial charge in [0.15, 0.2) is 11.5 Å². The normalized spacial score (nSPS) is 16.3. The highest BCUT2D eigenvalue weighted by Gasteiger charge is 2.28. The predicted molar refractivity (Wildman–Crippen MR) is 144 cm³/mol. The molecule has 3 amide bonds. The van der Waals surface area contributed by atoms with E-state index >= 15 is 0 Å². The number of carbonyl (C=O) groups is 2. The molecule has 0 bridgehead atoms. The van der Waals surface area contributed by atoms with Crippen molar-refractivity contribution in [1.82, 2.24) is 34.8 Å². The minimum absolute atomic E-state index is 0.134. The second-order valence-electron chi connectivity index (χ2n) is 10.3. The highest BCUT2D eigenvalue weighted by Crippen LogP contribution is 2.32. The topological polar surface area (TPSA) is 148 Å². The third-order valence-corrected chi connectivity index (χ3v) is 7.20. The fourth-order valence-electron chi connectivity index (χ4n) is 5.27. The Kier molecular flexibility index (Phi) is 6.10. The molecule has 4 heterocycles. The Bertz CT molecular complexity index is 1530. The molecular formula is C26H32N10O2. The molecule has 2 fully saturated rings. The van der Waals surface area contributed by atoms with Crippen LogP contribution in [0.2, 0.25) is 0 Å². The summed E-state index contributed by atoms with van der Waals surface area (Å²) < 4.78 is 3.53. The zero-order valence-electron chi connectivity index (χ0n) is 21.6. The molecule has 0 atom stereocenters. The van der Waals surface area contributed by atoms with Crippen molar-refractivity contribution in [2.45, 2.75) is 51.2 Å². The van der Waals surface area contributed by atoms with Crippen molar-refractivity contribution in [3.63, 3.8) is 0 Å². The highest BCUT2D eigenvalue weighted by atomic mass is 16.2. The number of hydrogen-bond acceptors (Lipinski definition) is 7. The lowest BCUT2D eigenvalue weighted by atomic mass is 10.0. The molecule has 0 radical (unpaired) electrons. The van der Waals surface area contributed by atoms with E-state index in [-0.39, 0.29) is 12.5 Å². The molecule has 3 aromatic heterocycles. The monoisotopic (exact) mass is 516 g/mol. The Morgan fingerprint density at radius 2 is 1.82 bits per heavy atom. The van der Waals surface area contributed by atoms with Gasteiger partial charge in [0.05, 0.1) is 24.0 Å². The molecule has 12 heteroatoms. The summed E-state index contributed by atoms with van der Waals surface area (Å²) >= 11 is 0. The average Bonchev–Trinajstić information content (AvgIpc) is 3.46. The molecule has 1 aliphatic heterocycles. The smallest absolute Gasteiger partial charge is 0.312 e. The summed E-state index contributed by atoms with van der Waals surface area (Å²) in [6.45, 7) is 3.93. The number of nitrogens with zero attached hydrogens (tertiary/aromatic N) is 6. The van der Waals surface area contributed by atoms with Gasteiger partial charge in [-0.25, -0.2) is 9.78 Å². The Hall–Kier alpha value is -4.19. The molecule has 1 aromatic carbocycles. The molecule has 6 rings (SSSR count). The van der Waals surface area contributed by atoms with Crippen LogP contribution < -0.4 is 26.6 Å². The Balaban J connectivity index is 1.24. The van der Waals surface area contributed by atoms with Crippen molar-refractivity contribution in [2.24, 2.45) is 12.8 Å². The minimum Gasteiger partial charge on any atom is -0.371 e. The van der Waals surface area contributed by atoms with Crippen LogP contribution in [-0.4, -0.2) is 61.3 Å². The number of carbonyl (C=O) groups excluding carboxylic acids is 2. The van der Waals surface area contributed by atoms with Crippen LogP contribution in [0, 0.1) is 6.92 Å². The quantitative estimate of drug-likeness (QED) is 0.294. The molecule has 0 unspecified atom stereocenters. The summed E-state index contributed by atoms with van der Waals surface area (Å²) in [5, 5.41) is 14.8. The SMILES string of the molecule is Cc1cn2cc(NC(=O)c3ccc(N4CCC(NC5CC5)CC4)c4cn(C)nc34)nc2c(CNC(N)=O)n1. The maximum absolute atomic E-state index is 13.4. The highest BCUT2D eigenvalue weighted by molar-refractivity contribution is 6.13. The van der Waals surface area contributed by atoms with Crippen LogP contribution in [0.1, 0.15) is 47.4 Å². The summed E-state index contributed by atoms with van der Waals surface area (Å²) in [4.78, 5) is 36.0. The van der Waals surface area contributed by atoms with Crippen molar-refractivity contribution in [2.75, 3.05) is 23.3 Å². The van der Waals surface area contributed by atoms with Crippen LogP contribution in [0.5, 0.6) is 0 Å². The fourth-order valence-corrected chi connectivity index (χ4v) is 5.27. The molecule has 2 aliphatic rings. The average molecular weight is 517 g/mol. The lowest BCUT2D eigenvalue weighted by Gasteiger charge is -2.34. The predicted octanol–water partition coefficient (Wildman–Crippen LogP) is 2.07. The van der Waals surface area contributed by atoms with E-state index < -0.39 is 6.03 Å². The van der Waals surface area contributed by atoms with Crippen LogP contribution in [-0.2, 0) is 13.6 Å². The van der Waals surface area contributed by atoms with Crippen LogP contribution in [0.15, 0.2) is 30.7 Å². The number of aromatic nitrogens is 5. The van der Waals surface area contributed by atoms with Gasteiger partial charge >= 0.3 is 6.03 Å². The molecule has 198 valence electrons. The third kappa shape index (κ3) is 4.86. The zero-order chi connectivity index (χ0) is 26.4. The Morgan fingerprint density at radius 3 is 2.55 bits per heavy atom. The Morgan fingerprint density at radius 1 is 1.05 bits per heavy atom. The number of nitrogens with one attached hydrogen (secondary N) is 3. The lowest BCUT2D eigenvalue weighted by Crippen LogP contribution is -2.43. The Labute approximate surface area is 219 Å². The number of urea groups is 1. The first kappa shape index (κ1) is 24.2. The van der Waals surface area contributed by atoms with Gasteiger partial charge < -0.3 is 31.0 Å². The van der Waals surface area contributed by atoms with Crippen molar-refractivity contribution < 1.29 is 9.59 Å². The molecular weight excluding hydrogens is 484 g/mol. The fraction of sp³-hybridized carbons (Fsp3) is 0.423. The van der Waals surface area contributed by atoms with Crippen LogP contribution in [0.25, 0.3) is 16.6 Å². The van der Waals surface area contributed by atoms with Gasteiger partial charge in [-0.3, -0.25) is 14.5 Å². The van der Waals surface area contributed by atoms with E-state index in [0.29, 0.717) is 34.3 Å². The van der Waals surface area contributed by atoms with Crippen molar-refractivity contribution in [3.05, 3.63) is 47.7 Å². The molecule has 4 aromatic rings. The molecule has 1 saturated carbocycles. The maximum atomic E-state index is 13.4. The first-order valence-corrected chi connectivity index (χ1v) is 13.0. The molecule has 5 N–H and O–H groups in total. The molecule has 1 aliphatic carbocycles. The van der Waals surface area contributed by atoms with E-state index in [4.69, 9.17) is 5.73 Å². The molecule has 12 nitrogen and oxygen atoms in total. The van der Waals surface area contributed by atoms with Gasteiger partial charge in [0.25, 0.3) is 5.91 Å². The van der Waals surface area contributed by atoms with Gasteiger partial charge in [0, 0.05) is 55.7 Å². The first-order chi connectivity index (χ1) is 18.3. The number of nitrogens with two attached hydrogens (primary N) is 1. The number of anilines is 2. The summed E-state index contributed by atoms with van der Waals surface area (Å²) in [6.07, 6.45) is 10.3. The number of imidazole rings is 1. The van der Waals surface area contributed by atoms with E-state index in [9.17, 15) is 9.59 Å². The van der Waals surface area contributed by atoms with Crippen LogP contribution in [0.4, 0.5) is 16.3 Å². The number of piperidine rings is 1. The summed E-state index contributed by atoms with van der Waals surface area (Å²) in [6, 6.07) is 4.54. The van der Waals surface area contributed by atoms with Crippen LogP contribution in [0.3, 0.4) is 0 Å². The largest absolute Gasteiger partial charge is 0.371 e. The lowest BCUT2D eigenvalue weighted by molar-refractivity contribution is 0.102. The number of primary amides is 1. The molecule has 0 spiro atoms. The van der Waals surface area contributed by atoms with E-state index in [1.807, 2.05) is 32.3 Å². The van der Waals surface area contributed by atoms with Gasteiger partial charge in [-0.15, -0.1) is 0 Å². The van der Waals surface area contributed by atoms with Crippen molar-refractivity contribution in [1.29, 1.82) is 0 Å².